The Balaban J connectivity index is 1.32. The van der Waals surface area contributed by atoms with E-state index in [0.29, 0.717) is 37.4 Å². The fourth-order valence-corrected chi connectivity index (χ4v) is 4.58. The molecule has 0 saturated carbocycles. The third-order valence-electron chi connectivity index (χ3n) is 5.10. The summed E-state index contributed by atoms with van der Waals surface area (Å²) in [5, 5.41) is 13.7. The molecule has 0 atom stereocenters. The lowest BCUT2D eigenvalue weighted by molar-refractivity contribution is -0.121. The molecular weight excluding hydrogens is 440 g/mol. The molecular formula is C20H20N4O5S2. The number of hydrogen-bond donors (Lipinski definition) is 2. The molecule has 1 aliphatic heterocycles. The Morgan fingerprint density at radius 1 is 1.16 bits per heavy atom. The first-order valence-electron chi connectivity index (χ1n) is 9.55. The highest BCUT2D eigenvalue weighted by molar-refractivity contribution is 7.89. The first-order valence-corrected chi connectivity index (χ1v) is 12.0. The van der Waals surface area contributed by atoms with Crippen molar-refractivity contribution < 1.29 is 22.5 Å². The Morgan fingerprint density at radius 3 is 2.48 bits per heavy atom. The number of sulfonamides is 1. The molecule has 9 nitrogen and oxygen atoms in total. The van der Waals surface area contributed by atoms with Crippen molar-refractivity contribution in [1.82, 2.24) is 10.1 Å². The topological polar surface area (TPSA) is 136 Å². The summed E-state index contributed by atoms with van der Waals surface area (Å²) in [7, 11) is -3.78. The summed E-state index contributed by atoms with van der Waals surface area (Å²) in [5.74, 6) is -0.0807. The molecule has 2 amide bonds. The molecule has 1 aromatic carbocycles. The molecule has 11 heteroatoms. The van der Waals surface area contributed by atoms with Crippen LogP contribution in [0.3, 0.4) is 0 Å². The number of nitrogens with zero attached hydrogens (tertiary/aromatic N) is 2. The smallest absolute Gasteiger partial charge is 0.276 e. The first kappa shape index (κ1) is 21.2. The predicted octanol–water partition coefficient (Wildman–Crippen LogP) is 2.54. The molecule has 3 heterocycles. The highest BCUT2D eigenvalue weighted by Gasteiger charge is 2.29. The van der Waals surface area contributed by atoms with E-state index in [9.17, 15) is 18.0 Å². The Hall–Kier alpha value is -3.02. The third kappa shape index (κ3) is 4.84. The number of nitrogens with one attached hydrogen (secondary N) is 1. The largest absolute Gasteiger partial charge is 0.355 e. The number of hydrogen-bond acceptors (Lipinski definition) is 7. The number of anilines is 1. The van der Waals surface area contributed by atoms with Gasteiger partial charge in [-0.05, 0) is 48.6 Å². The highest BCUT2D eigenvalue weighted by atomic mass is 32.2. The normalized spacial score (nSPS) is 15.1. The summed E-state index contributed by atoms with van der Waals surface area (Å²) in [6.07, 6.45) is 1.03. The fraction of sp³-hybridized carbons (Fsp3) is 0.250. The molecule has 1 fully saturated rings. The molecule has 3 aromatic rings. The standard InChI is InChI=1S/C20H20N4O5S2/c21-31(27,28)15-5-3-14(4-6-15)22-19(25)13-7-9-24(10-8-13)20(26)16-12-17(29-23-16)18-2-1-11-30-18/h1-6,11-13H,7-10H2,(H,22,25)(H2,21,27,28). The van der Waals surface area contributed by atoms with Crippen molar-refractivity contribution in [3.05, 3.63) is 53.5 Å². The maximum absolute atomic E-state index is 12.7. The van der Waals surface area contributed by atoms with Gasteiger partial charge >= 0.3 is 0 Å². The number of nitrogens with two attached hydrogens (primary N) is 1. The van der Waals surface area contributed by atoms with Gasteiger partial charge in [-0.1, -0.05) is 11.2 Å². The Morgan fingerprint density at radius 2 is 1.87 bits per heavy atom. The summed E-state index contributed by atoms with van der Waals surface area (Å²) in [6, 6.07) is 11.1. The van der Waals surface area contributed by atoms with Crippen LogP contribution in [0.15, 0.2) is 57.3 Å². The molecule has 0 radical (unpaired) electrons. The van der Waals surface area contributed by atoms with Gasteiger partial charge in [0, 0.05) is 30.8 Å². The maximum atomic E-state index is 12.7. The number of aromatic nitrogens is 1. The van der Waals surface area contributed by atoms with Crippen LogP contribution in [-0.2, 0) is 14.8 Å². The highest BCUT2D eigenvalue weighted by Crippen LogP contribution is 2.26. The van der Waals surface area contributed by atoms with Crippen LogP contribution in [0.25, 0.3) is 10.6 Å². The number of thiophene rings is 1. The molecule has 2 aromatic heterocycles. The lowest BCUT2D eigenvalue weighted by Crippen LogP contribution is -2.41. The van der Waals surface area contributed by atoms with E-state index in [1.807, 2.05) is 17.5 Å². The van der Waals surface area contributed by atoms with Gasteiger partial charge in [0.25, 0.3) is 5.91 Å². The first-order chi connectivity index (χ1) is 14.8. The monoisotopic (exact) mass is 460 g/mol. The number of rotatable bonds is 5. The molecule has 0 unspecified atom stereocenters. The summed E-state index contributed by atoms with van der Waals surface area (Å²) in [4.78, 5) is 27.8. The molecule has 1 aliphatic rings. The van der Waals surface area contributed by atoms with Crippen LogP contribution in [0.2, 0.25) is 0 Å². The fourth-order valence-electron chi connectivity index (χ4n) is 3.39. The van der Waals surface area contributed by atoms with E-state index in [1.54, 1.807) is 11.0 Å². The van der Waals surface area contributed by atoms with Crippen LogP contribution in [-0.4, -0.2) is 43.4 Å². The summed E-state index contributed by atoms with van der Waals surface area (Å²) < 4.78 is 27.9. The van der Waals surface area contributed by atoms with Crippen LogP contribution >= 0.6 is 11.3 Å². The number of piperidine rings is 1. The van der Waals surface area contributed by atoms with Crippen molar-refractivity contribution >= 4 is 38.9 Å². The summed E-state index contributed by atoms with van der Waals surface area (Å²) >= 11 is 1.50. The number of carbonyl (C=O) groups excluding carboxylic acids is 2. The van der Waals surface area contributed by atoms with E-state index < -0.39 is 10.0 Å². The van der Waals surface area contributed by atoms with Gasteiger partial charge in [-0.25, -0.2) is 13.6 Å². The summed E-state index contributed by atoms with van der Waals surface area (Å²) in [5.41, 5.74) is 0.737. The molecule has 31 heavy (non-hydrogen) atoms. The van der Waals surface area contributed by atoms with Gasteiger partial charge in [0.15, 0.2) is 11.5 Å². The van der Waals surface area contributed by atoms with Gasteiger partial charge < -0.3 is 14.7 Å². The minimum Gasteiger partial charge on any atom is -0.355 e. The Labute approximate surface area is 182 Å². The predicted molar refractivity (Wildman–Crippen MR) is 115 cm³/mol. The second-order valence-corrected chi connectivity index (χ2v) is 9.69. The minimum absolute atomic E-state index is 0.0209. The molecule has 0 aliphatic carbocycles. The van der Waals surface area contributed by atoms with Crippen molar-refractivity contribution in [2.24, 2.45) is 11.1 Å². The number of primary sulfonamides is 1. The average molecular weight is 461 g/mol. The average Bonchev–Trinajstić information content (AvgIpc) is 3.45. The van der Waals surface area contributed by atoms with Crippen LogP contribution in [0.4, 0.5) is 5.69 Å². The van der Waals surface area contributed by atoms with Crippen LogP contribution in [0, 0.1) is 5.92 Å². The van der Waals surface area contributed by atoms with E-state index in [-0.39, 0.29) is 28.3 Å². The van der Waals surface area contributed by atoms with Crippen molar-refractivity contribution in [2.45, 2.75) is 17.7 Å². The SMILES string of the molecule is NS(=O)(=O)c1ccc(NC(=O)C2CCN(C(=O)c3cc(-c4cccs4)on3)CC2)cc1. The lowest BCUT2D eigenvalue weighted by Gasteiger charge is -2.30. The second kappa shape index (κ2) is 8.61. The zero-order chi connectivity index (χ0) is 22.0. The van der Waals surface area contributed by atoms with Gasteiger partial charge in [0.05, 0.1) is 9.77 Å². The van der Waals surface area contributed by atoms with E-state index in [2.05, 4.69) is 10.5 Å². The quantitative estimate of drug-likeness (QED) is 0.601. The van der Waals surface area contributed by atoms with E-state index in [1.165, 1.54) is 35.6 Å². The lowest BCUT2D eigenvalue weighted by atomic mass is 9.95. The van der Waals surface area contributed by atoms with Gasteiger partial charge in [0.1, 0.15) is 0 Å². The van der Waals surface area contributed by atoms with Crippen molar-refractivity contribution in [3.63, 3.8) is 0 Å². The number of carbonyl (C=O) groups is 2. The number of likely N-dealkylation sites (tertiary alicyclic amines) is 1. The molecule has 162 valence electrons. The summed E-state index contributed by atoms with van der Waals surface area (Å²) in [6.45, 7) is 0.866. The number of amides is 2. The van der Waals surface area contributed by atoms with Gasteiger partial charge in [0.2, 0.25) is 15.9 Å². The van der Waals surface area contributed by atoms with Crippen molar-refractivity contribution in [3.8, 4) is 10.6 Å². The zero-order valence-electron chi connectivity index (χ0n) is 16.4. The van der Waals surface area contributed by atoms with Gasteiger partial charge in [-0.15, -0.1) is 11.3 Å². The van der Waals surface area contributed by atoms with Crippen molar-refractivity contribution in [2.75, 3.05) is 18.4 Å². The minimum atomic E-state index is -3.78. The Kier molecular flexibility index (Phi) is 5.90. The van der Waals surface area contributed by atoms with E-state index in [4.69, 9.17) is 9.66 Å². The van der Waals surface area contributed by atoms with Gasteiger partial charge in [-0.3, -0.25) is 9.59 Å². The maximum Gasteiger partial charge on any atom is 0.276 e. The molecule has 4 rings (SSSR count). The molecule has 0 spiro atoms. The van der Waals surface area contributed by atoms with E-state index >= 15 is 0 Å². The Bertz CT molecular complexity index is 1180. The van der Waals surface area contributed by atoms with Crippen molar-refractivity contribution in [1.29, 1.82) is 0 Å². The second-order valence-electron chi connectivity index (χ2n) is 7.18. The molecule has 0 bridgehead atoms. The third-order valence-corrected chi connectivity index (χ3v) is 6.91. The van der Waals surface area contributed by atoms with Crippen LogP contribution in [0.5, 0.6) is 0 Å². The molecule has 1 saturated heterocycles. The van der Waals surface area contributed by atoms with E-state index in [0.717, 1.165) is 4.88 Å². The van der Waals surface area contributed by atoms with Crippen LogP contribution < -0.4 is 10.5 Å². The van der Waals surface area contributed by atoms with Gasteiger partial charge in [-0.2, -0.15) is 0 Å². The van der Waals surface area contributed by atoms with Crippen LogP contribution in [0.1, 0.15) is 23.3 Å². The number of benzene rings is 1. The molecule has 3 N–H and O–H groups in total. The zero-order valence-corrected chi connectivity index (χ0v) is 18.0.